The number of primary amides is 1. The molecule has 5 aromatic rings. The molecule has 1 saturated carbocycles. The molecule has 3 atom stereocenters. The third-order valence-electron chi connectivity index (χ3n) is 16.9. The number of amides is 4. The quantitative estimate of drug-likeness (QED) is 0.0669. The third-order valence-corrected chi connectivity index (χ3v) is 17.2. The van der Waals surface area contributed by atoms with Crippen molar-refractivity contribution in [1.29, 1.82) is 0 Å². The second-order valence-electron chi connectivity index (χ2n) is 21.2. The van der Waals surface area contributed by atoms with Gasteiger partial charge < -0.3 is 35.4 Å². The number of fused-ring (bicyclic) bond motifs is 2. The van der Waals surface area contributed by atoms with E-state index in [1.165, 1.54) is 10.7 Å². The largest absolute Gasteiger partial charge is 0.480 e. The van der Waals surface area contributed by atoms with E-state index in [0.717, 1.165) is 30.7 Å². The van der Waals surface area contributed by atoms with Crippen LogP contribution in [0.15, 0.2) is 48.7 Å². The smallest absolute Gasteiger partial charge is 0.251 e. The number of halogens is 5. The van der Waals surface area contributed by atoms with E-state index < -0.39 is 81.0 Å². The molecule has 6 heterocycles. The average Bonchev–Trinajstić information content (AvgIpc) is 3.90. The first-order valence-electron chi connectivity index (χ1n) is 25.9. The van der Waals surface area contributed by atoms with E-state index in [9.17, 15) is 24.3 Å². The zero-order chi connectivity index (χ0) is 53.1. The molecule has 20 heteroatoms. The van der Waals surface area contributed by atoms with Crippen molar-refractivity contribution in [2.75, 3.05) is 45.9 Å². The molecule has 5 aliphatic rings. The number of benzene rings is 3. The Balaban J connectivity index is 0.770. The van der Waals surface area contributed by atoms with Crippen molar-refractivity contribution < 1.29 is 51.3 Å². The van der Waals surface area contributed by atoms with Crippen LogP contribution < -0.4 is 25.8 Å². The molecule has 0 spiro atoms. The molecule has 3 saturated heterocycles. The summed E-state index contributed by atoms with van der Waals surface area (Å²) in [5.41, 5.74) is 4.71. The van der Waals surface area contributed by atoms with Gasteiger partial charge in [0.15, 0.2) is 17.2 Å². The summed E-state index contributed by atoms with van der Waals surface area (Å²) in [6.45, 7) is 5.98. The second kappa shape index (κ2) is 20.8. The first-order chi connectivity index (χ1) is 35.9. The molecule has 3 aromatic carbocycles. The lowest BCUT2D eigenvalue weighted by atomic mass is 9.72. The number of piperidine rings is 3. The van der Waals surface area contributed by atoms with Gasteiger partial charge in [-0.2, -0.15) is 5.10 Å². The fraction of sp³-hybridized carbons (Fsp3) is 0.491. The number of carbonyl (C=O) groups is 4. The van der Waals surface area contributed by atoms with Crippen LogP contribution in [0.2, 0.25) is 5.02 Å². The van der Waals surface area contributed by atoms with E-state index in [-0.39, 0.29) is 94.8 Å². The van der Waals surface area contributed by atoms with Gasteiger partial charge in [0, 0.05) is 96.4 Å². The predicted molar refractivity (Wildman–Crippen MR) is 270 cm³/mol. The number of aliphatic hydroxyl groups excluding tert-OH is 1. The van der Waals surface area contributed by atoms with Crippen LogP contribution in [0.1, 0.15) is 129 Å². The summed E-state index contributed by atoms with van der Waals surface area (Å²) in [7, 11) is 1.58. The molecule has 10 rings (SSSR count). The van der Waals surface area contributed by atoms with Gasteiger partial charge in [-0.1, -0.05) is 55.8 Å². The van der Waals surface area contributed by atoms with E-state index in [1.54, 1.807) is 7.05 Å². The number of nitrogens with zero attached hydrogens (tertiary/aromatic N) is 5. The number of imide groups is 1. The Morgan fingerprint density at radius 2 is 1.65 bits per heavy atom. The maximum Gasteiger partial charge on any atom is 0.251 e. The van der Waals surface area contributed by atoms with E-state index >= 15 is 17.6 Å². The average molecular weight is 1060 g/mol. The van der Waals surface area contributed by atoms with Gasteiger partial charge in [0.2, 0.25) is 17.7 Å². The van der Waals surface area contributed by atoms with Crippen molar-refractivity contribution in [3.8, 4) is 22.8 Å². The van der Waals surface area contributed by atoms with E-state index in [4.69, 9.17) is 26.8 Å². The Hall–Kier alpha value is -6.15. The van der Waals surface area contributed by atoms with Gasteiger partial charge in [-0.25, -0.2) is 22.5 Å². The summed E-state index contributed by atoms with van der Waals surface area (Å²) in [6.07, 6.45) is 6.77. The van der Waals surface area contributed by atoms with E-state index in [0.29, 0.717) is 70.3 Å². The molecule has 0 bridgehead atoms. The molecule has 2 aromatic heterocycles. The van der Waals surface area contributed by atoms with Gasteiger partial charge in [0.05, 0.1) is 28.8 Å². The van der Waals surface area contributed by atoms with Crippen LogP contribution in [0.5, 0.6) is 11.6 Å². The third kappa shape index (κ3) is 9.41. The molecule has 0 radical (unpaired) electrons. The highest BCUT2D eigenvalue weighted by atomic mass is 35.5. The monoisotopic (exact) mass is 1060 g/mol. The molecule has 398 valence electrons. The summed E-state index contributed by atoms with van der Waals surface area (Å²) in [6, 6.07) is 12.1. The maximum absolute atomic E-state index is 16.5. The molecule has 5 N–H and O–H groups in total. The fourth-order valence-electron chi connectivity index (χ4n) is 12.7. The van der Waals surface area contributed by atoms with Gasteiger partial charge in [-0.3, -0.25) is 29.2 Å². The highest BCUT2D eigenvalue weighted by molar-refractivity contribution is 6.34. The minimum atomic E-state index is -1.16. The van der Waals surface area contributed by atoms with Crippen LogP contribution in [0.25, 0.3) is 22.0 Å². The number of carbonyl (C=O) groups excluding carboxylic acids is 4. The Kier molecular flexibility index (Phi) is 14.5. The lowest BCUT2D eigenvalue weighted by Gasteiger charge is -2.45. The Morgan fingerprint density at radius 3 is 2.32 bits per heavy atom. The number of aromatic nitrogens is 3. The minimum absolute atomic E-state index is 0.00641. The molecular formula is C55H61ClF4N8O7. The molecule has 4 fully saturated rings. The van der Waals surface area contributed by atoms with Gasteiger partial charge in [-0.15, -0.1) is 0 Å². The normalized spacial score (nSPS) is 24.8. The maximum atomic E-state index is 16.5. The van der Waals surface area contributed by atoms with Gasteiger partial charge >= 0.3 is 0 Å². The minimum Gasteiger partial charge on any atom is -0.480 e. The van der Waals surface area contributed by atoms with Crippen LogP contribution in [0.3, 0.4) is 0 Å². The molecule has 3 unspecified atom stereocenters. The highest BCUT2D eigenvalue weighted by Crippen LogP contribution is 2.57. The van der Waals surface area contributed by atoms with Crippen LogP contribution in [0.4, 0.5) is 17.6 Å². The van der Waals surface area contributed by atoms with Crippen LogP contribution in [0, 0.1) is 28.7 Å². The number of pyridine rings is 1. The predicted octanol–water partition coefficient (Wildman–Crippen LogP) is 7.64. The number of ether oxygens (including phenoxy) is 2. The standard InChI is InChI=1S/C55H61ClF4N8O7/c1-29-41-39(26-38(58)45(56)44(41)43-36(50(61)71)27-62-52(47(43)60)74-24-23-69)75-55(29,31-7-5-4-6-8-31)28-63-32-11-17-54(2,18-12-32)53(73)68-21-15-33(16-22-68)67-19-13-30(14-20-67)42-37(57)25-35-48(65-66(3)49(35)46(42)59)34-9-10-40(70)64-51(34)72/h4-8,25-27,29-30,32-34,63,69H,9-24,28H2,1-3H3,(H2,61,71)(H,64,70,72). The number of hydrogen-bond acceptors (Lipinski definition) is 11. The van der Waals surface area contributed by atoms with Crippen LogP contribution in [-0.4, -0.2) is 111 Å². The van der Waals surface area contributed by atoms with Gasteiger partial charge in [0.25, 0.3) is 11.8 Å². The summed E-state index contributed by atoms with van der Waals surface area (Å²) in [5.74, 6) is -7.25. The number of hydrogen-bond donors (Lipinski definition) is 4. The lowest BCUT2D eigenvalue weighted by Crippen LogP contribution is -2.53. The zero-order valence-electron chi connectivity index (χ0n) is 42.1. The lowest BCUT2D eigenvalue weighted by molar-refractivity contribution is -0.145. The first kappa shape index (κ1) is 52.3. The number of aliphatic hydroxyl groups is 1. The molecule has 1 aliphatic carbocycles. The zero-order valence-corrected chi connectivity index (χ0v) is 42.9. The highest BCUT2D eigenvalue weighted by Gasteiger charge is 2.51. The van der Waals surface area contributed by atoms with Crippen LogP contribution in [-0.2, 0) is 27.0 Å². The summed E-state index contributed by atoms with van der Waals surface area (Å²) < 4.78 is 78.1. The van der Waals surface area contributed by atoms with Crippen molar-refractivity contribution in [2.45, 2.75) is 113 Å². The summed E-state index contributed by atoms with van der Waals surface area (Å²) in [4.78, 5) is 59.8. The SMILES string of the molecule is CC1c2c(cc(F)c(Cl)c2-c2c(C(N)=O)cnc(OCCO)c2F)OC1(CNC1CCC(C)(C(=O)N2CCC(N3CCC(c4c(F)cc5c(C6CCC(=O)NC6=O)nn(C)c5c4F)CC3)CC2)CC1)c1ccccc1. The number of likely N-dealkylation sites (tertiary alicyclic amines) is 2. The Morgan fingerprint density at radius 1 is 0.947 bits per heavy atom. The number of nitrogens with two attached hydrogens (primary N) is 1. The van der Waals surface area contributed by atoms with Crippen molar-refractivity contribution in [1.82, 2.24) is 35.2 Å². The fourth-order valence-corrected chi connectivity index (χ4v) is 12.9. The number of rotatable bonds is 13. The number of aryl methyl sites for hydroxylation is 1. The molecular weight excluding hydrogens is 996 g/mol. The van der Waals surface area contributed by atoms with Gasteiger partial charge in [0.1, 0.15) is 29.5 Å². The van der Waals surface area contributed by atoms with Crippen molar-refractivity contribution in [2.24, 2.45) is 18.2 Å². The number of nitrogens with one attached hydrogen (secondary N) is 2. The molecule has 15 nitrogen and oxygen atoms in total. The van der Waals surface area contributed by atoms with Crippen molar-refractivity contribution in [3.63, 3.8) is 0 Å². The Labute approximate surface area is 436 Å². The summed E-state index contributed by atoms with van der Waals surface area (Å²) in [5, 5.41) is 19.6. The molecule has 4 amide bonds. The summed E-state index contributed by atoms with van der Waals surface area (Å²) >= 11 is 6.71. The van der Waals surface area contributed by atoms with Crippen LogP contribution >= 0.6 is 11.6 Å². The van der Waals surface area contributed by atoms with E-state index in [1.807, 2.05) is 49.1 Å². The first-order valence-corrected chi connectivity index (χ1v) is 26.3. The Bertz CT molecular complexity index is 3060. The topological polar surface area (TPSA) is 194 Å². The van der Waals surface area contributed by atoms with Crippen molar-refractivity contribution in [3.05, 3.63) is 105 Å². The van der Waals surface area contributed by atoms with Gasteiger partial charge in [-0.05, 0) is 88.4 Å². The van der Waals surface area contributed by atoms with Crippen molar-refractivity contribution >= 4 is 46.1 Å². The second-order valence-corrected chi connectivity index (χ2v) is 21.6. The molecule has 75 heavy (non-hydrogen) atoms. The molecule has 4 aliphatic heterocycles. The van der Waals surface area contributed by atoms with E-state index in [2.05, 4.69) is 25.6 Å².